The average molecular weight is 398 g/mol. The van der Waals surface area contributed by atoms with Gasteiger partial charge < -0.3 is 9.42 Å². The van der Waals surface area contributed by atoms with Crippen LogP contribution in [0.15, 0.2) is 9.42 Å². The van der Waals surface area contributed by atoms with E-state index in [0.29, 0.717) is 30.3 Å². The summed E-state index contributed by atoms with van der Waals surface area (Å²) in [5, 5.41) is 3.77. The summed E-state index contributed by atoms with van der Waals surface area (Å²) < 4.78 is 32.6. The van der Waals surface area contributed by atoms with Gasteiger partial charge in [0.1, 0.15) is 10.6 Å². The van der Waals surface area contributed by atoms with Gasteiger partial charge in [-0.3, -0.25) is 4.79 Å². The molecule has 1 aliphatic carbocycles. The van der Waals surface area contributed by atoms with Gasteiger partial charge in [-0.2, -0.15) is 4.31 Å². The van der Waals surface area contributed by atoms with Gasteiger partial charge in [0.15, 0.2) is 5.76 Å². The van der Waals surface area contributed by atoms with E-state index in [1.54, 1.807) is 13.8 Å². The molecule has 0 N–H and O–H groups in total. The van der Waals surface area contributed by atoms with Crippen LogP contribution in [-0.4, -0.2) is 55.4 Å². The Morgan fingerprint density at radius 2 is 1.89 bits per heavy atom. The minimum absolute atomic E-state index is 0.0687. The van der Waals surface area contributed by atoms with Crippen molar-refractivity contribution in [2.75, 3.05) is 26.7 Å². The molecule has 27 heavy (non-hydrogen) atoms. The lowest BCUT2D eigenvalue weighted by atomic mass is 9.88. The van der Waals surface area contributed by atoms with Gasteiger partial charge in [-0.25, -0.2) is 8.42 Å². The molecule has 1 unspecified atom stereocenters. The zero-order valence-corrected chi connectivity index (χ0v) is 17.4. The van der Waals surface area contributed by atoms with Crippen molar-refractivity contribution in [2.45, 2.75) is 63.7 Å². The number of carbonyl (C=O) groups is 1. The number of hydrogen-bond acceptors (Lipinski definition) is 5. The van der Waals surface area contributed by atoms with Gasteiger partial charge >= 0.3 is 0 Å². The molecule has 2 fully saturated rings. The number of sulfonamides is 1. The Kier molecular flexibility index (Phi) is 6.25. The van der Waals surface area contributed by atoms with Crippen LogP contribution in [0.4, 0.5) is 0 Å². The lowest BCUT2D eigenvalue weighted by Crippen LogP contribution is -2.46. The lowest BCUT2D eigenvalue weighted by molar-refractivity contribution is -0.136. The van der Waals surface area contributed by atoms with Crippen LogP contribution >= 0.6 is 0 Å². The van der Waals surface area contributed by atoms with Gasteiger partial charge in [-0.05, 0) is 45.4 Å². The molecule has 0 radical (unpaired) electrons. The molecule has 7 nitrogen and oxygen atoms in total. The normalized spacial score (nSPS) is 22.7. The molecule has 1 aliphatic heterocycles. The van der Waals surface area contributed by atoms with Crippen LogP contribution in [0, 0.1) is 25.7 Å². The quantitative estimate of drug-likeness (QED) is 0.763. The number of aromatic nitrogens is 1. The molecule has 8 heteroatoms. The highest BCUT2D eigenvalue weighted by Crippen LogP contribution is 2.29. The summed E-state index contributed by atoms with van der Waals surface area (Å²) in [5.74, 6) is 0.677. The van der Waals surface area contributed by atoms with E-state index in [9.17, 15) is 13.2 Å². The van der Waals surface area contributed by atoms with E-state index < -0.39 is 10.0 Å². The zero-order valence-electron chi connectivity index (χ0n) is 16.6. The van der Waals surface area contributed by atoms with Crippen LogP contribution in [0.1, 0.15) is 56.4 Å². The summed E-state index contributed by atoms with van der Waals surface area (Å²) >= 11 is 0. The number of amides is 1. The Morgan fingerprint density at radius 3 is 2.52 bits per heavy atom. The summed E-state index contributed by atoms with van der Waals surface area (Å²) in [6, 6.07) is 0. The second-order valence-corrected chi connectivity index (χ2v) is 9.95. The smallest absolute Gasteiger partial charge is 0.248 e. The fraction of sp³-hybridized carbons (Fsp3) is 0.789. The standard InChI is InChI=1S/C19H31N3O4S/c1-14-18(15(2)26-20-14)27(24,25)22-11-7-10-17(13-22)19(23)21(3)12-16-8-5-4-6-9-16/h16-17H,4-13H2,1-3H3. The Morgan fingerprint density at radius 1 is 1.19 bits per heavy atom. The molecular formula is C19H31N3O4S. The molecule has 1 atom stereocenters. The monoisotopic (exact) mass is 397 g/mol. The van der Waals surface area contributed by atoms with E-state index in [-0.39, 0.29) is 23.3 Å². The predicted molar refractivity (Wildman–Crippen MR) is 102 cm³/mol. The van der Waals surface area contributed by atoms with Gasteiger partial charge in [-0.15, -0.1) is 0 Å². The van der Waals surface area contributed by atoms with Crippen LogP contribution in [0.3, 0.4) is 0 Å². The molecule has 2 aliphatic rings. The molecule has 0 spiro atoms. The molecule has 152 valence electrons. The molecule has 0 bridgehead atoms. The first-order valence-corrected chi connectivity index (χ1v) is 11.4. The van der Waals surface area contributed by atoms with Crippen LogP contribution in [0.2, 0.25) is 0 Å². The third-order valence-corrected chi connectivity index (χ3v) is 8.04. The summed E-state index contributed by atoms with van der Waals surface area (Å²) in [4.78, 5) is 14.9. The van der Waals surface area contributed by atoms with Crippen LogP contribution in [0.25, 0.3) is 0 Å². The SMILES string of the molecule is Cc1noc(C)c1S(=O)(=O)N1CCCC(C(=O)N(C)CC2CCCCC2)C1. The Labute approximate surface area is 162 Å². The molecule has 3 rings (SSSR count). The minimum Gasteiger partial charge on any atom is -0.360 e. The predicted octanol–water partition coefficient (Wildman–Crippen LogP) is 2.73. The van der Waals surface area contributed by atoms with Crippen LogP contribution in [-0.2, 0) is 14.8 Å². The number of rotatable bonds is 5. The Balaban J connectivity index is 1.67. The molecular weight excluding hydrogens is 366 g/mol. The van der Waals surface area contributed by atoms with Crippen molar-refractivity contribution in [2.24, 2.45) is 11.8 Å². The number of nitrogens with zero attached hydrogens (tertiary/aromatic N) is 3. The van der Waals surface area contributed by atoms with Crippen molar-refractivity contribution in [3.8, 4) is 0 Å². The van der Waals surface area contributed by atoms with Crippen molar-refractivity contribution >= 4 is 15.9 Å². The highest BCUT2D eigenvalue weighted by atomic mass is 32.2. The third kappa shape index (κ3) is 4.37. The summed E-state index contributed by atoms with van der Waals surface area (Å²) in [6.45, 7) is 4.69. The molecule has 1 aromatic heterocycles. The van der Waals surface area contributed by atoms with Gasteiger partial charge in [0.05, 0.1) is 5.92 Å². The minimum atomic E-state index is -3.69. The second-order valence-electron chi connectivity index (χ2n) is 8.08. The van der Waals surface area contributed by atoms with Crippen LogP contribution < -0.4 is 0 Å². The second kappa shape index (κ2) is 8.31. The summed E-state index contributed by atoms with van der Waals surface area (Å²) in [5.41, 5.74) is 0.371. The van der Waals surface area contributed by atoms with Crippen molar-refractivity contribution in [3.05, 3.63) is 11.5 Å². The lowest BCUT2D eigenvalue weighted by Gasteiger charge is -2.34. The van der Waals surface area contributed by atoms with Crippen LogP contribution in [0.5, 0.6) is 0 Å². The fourth-order valence-electron chi connectivity index (χ4n) is 4.49. The Bertz CT molecular complexity index is 748. The number of hydrogen-bond donors (Lipinski definition) is 0. The largest absolute Gasteiger partial charge is 0.360 e. The molecule has 1 saturated heterocycles. The van der Waals surface area contributed by atoms with Crippen molar-refractivity contribution in [1.82, 2.24) is 14.4 Å². The highest BCUT2D eigenvalue weighted by Gasteiger charge is 2.37. The van der Waals surface area contributed by atoms with Crippen molar-refractivity contribution < 1.29 is 17.7 Å². The zero-order chi connectivity index (χ0) is 19.6. The Hall–Kier alpha value is -1.41. The van der Waals surface area contributed by atoms with E-state index in [1.165, 1.54) is 36.4 Å². The summed E-state index contributed by atoms with van der Waals surface area (Å²) in [7, 11) is -1.83. The maximum Gasteiger partial charge on any atom is 0.248 e. The maximum atomic E-state index is 13.0. The van der Waals surface area contributed by atoms with Crippen molar-refractivity contribution in [3.63, 3.8) is 0 Å². The third-order valence-electron chi connectivity index (χ3n) is 5.93. The molecule has 1 amide bonds. The number of carbonyl (C=O) groups excluding carboxylic acids is 1. The van der Waals surface area contributed by atoms with E-state index in [1.807, 2.05) is 11.9 Å². The molecule has 2 heterocycles. The summed E-state index contributed by atoms with van der Waals surface area (Å²) in [6.07, 6.45) is 7.60. The first kappa shape index (κ1) is 20.3. The molecule has 0 aromatic carbocycles. The first-order chi connectivity index (χ1) is 12.8. The number of piperidine rings is 1. The van der Waals surface area contributed by atoms with Gasteiger partial charge in [0.25, 0.3) is 0 Å². The van der Waals surface area contributed by atoms with Crippen molar-refractivity contribution in [1.29, 1.82) is 0 Å². The maximum absolute atomic E-state index is 13.0. The topological polar surface area (TPSA) is 83.7 Å². The van der Waals surface area contributed by atoms with E-state index >= 15 is 0 Å². The van der Waals surface area contributed by atoms with E-state index in [0.717, 1.165) is 13.0 Å². The van der Waals surface area contributed by atoms with E-state index in [4.69, 9.17) is 4.52 Å². The molecule has 1 saturated carbocycles. The highest BCUT2D eigenvalue weighted by molar-refractivity contribution is 7.89. The molecule has 1 aromatic rings. The first-order valence-electron chi connectivity index (χ1n) is 9.98. The number of aryl methyl sites for hydroxylation is 2. The van der Waals surface area contributed by atoms with E-state index in [2.05, 4.69) is 5.16 Å². The van der Waals surface area contributed by atoms with Gasteiger partial charge in [0, 0.05) is 26.7 Å². The fourth-order valence-corrected chi connectivity index (χ4v) is 6.31. The van der Waals surface area contributed by atoms with Gasteiger partial charge in [-0.1, -0.05) is 24.4 Å². The van der Waals surface area contributed by atoms with Gasteiger partial charge in [0.2, 0.25) is 15.9 Å². The average Bonchev–Trinajstić information content (AvgIpc) is 3.01.